The molecule has 1 aliphatic heterocycles. The van der Waals surface area contributed by atoms with Crippen molar-refractivity contribution < 1.29 is 13.2 Å². The molecule has 1 aromatic heterocycles. The van der Waals surface area contributed by atoms with Crippen LogP contribution in [0.5, 0.6) is 5.75 Å². The molecule has 0 spiro atoms. The molecule has 2 heterocycles. The fraction of sp³-hybridized carbons (Fsp3) is 0.389. The lowest BCUT2D eigenvalue weighted by molar-refractivity contribution is 0.408. The number of hydrogen-bond acceptors (Lipinski definition) is 4. The van der Waals surface area contributed by atoms with Crippen molar-refractivity contribution in [2.24, 2.45) is 0 Å². The number of aryl methyl sites for hydroxylation is 1. The molecular formula is C18H22N2O4S. The first-order valence-electron chi connectivity index (χ1n) is 8.26. The highest BCUT2D eigenvalue weighted by Gasteiger charge is 2.27. The summed E-state index contributed by atoms with van der Waals surface area (Å²) < 4.78 is 33.7. The molecule has 25 heavy (non-hydrogen) atoms. The van der Waals surface area contributed by atoms with Crippen LogP contribution in [0, 0.1) is 6.92 Å². The van der Waals surface area contributed by atoms with Gasteiger partial charge in [0.2, 0.25) is 10.0 Å². The number of methoxy groups -OCH3 is 1. The zero-order chi connectivity index (χ0) is 18.0. The lowest BCUT2D eigenvalue weighted by Gasteiger charge is -2.17. The standard InChI is InChI=1S/C18H22N2O4S/c1-14-5-7-17(24-2)15(11-14)12-19-13-16(6-8-18(19)21)25(22,23)20-9-3-4-10-20/h5-8,11,13H,3-4,9-10,12H2,1-2H3. The Labute approximate surface area is 147 Å². The number of rotatable bonds is 5. The Morgan fingerprint density at radius 1 is 1.12 bits per heavy atom. The lowest BCUT2D eigenvalue weighted by Crippen LogP contribution is -2.29. The minimum atomic E-state index is -3.55. The van der Waals surface area contributed by atoms with Crippen molar-refractivity contribution in [3.05, 3.63) is 58.0 Å². The van der Waals surface area contributed by atoms with E-state index in [1.807, 2.05) is 25.1 Å². The molecule has 6 nitrogen and oxygen atoms in total. The summed E-state index contributed by atoms with van der Waals surface area (Å²) >= 11 is 0. The van der Waals surface area contributed by atoms with Crippen molar-refractivity contribution >= 4 is 10.0 Å². The van der Waals surface area contributed by atoms with Crippen LogP contribution >= 0.6 is 0 Å². The van der Waals surface area contributed by atoms with Gasteiger partial charge >= 0.3 is 0 Å². The Morgan fingerprint density at radius 3 is 2.52 bits per heavy atom. The van der Waals surface area contributed by atoms with E-state index in [1.54, 1.807) is 7.11 Å². The molecule has 0 atom stereocenters. The SMILES string of the molecule is COc1ccc(C)cc1Cn1cc(S(=O)(=O)N2CCCC2)ccc1=O. The summed E-state index contributed by atoms with van der Waals surface area (Å²) in [5, 5.41) is 0. The summed E-state index contributed by atoms with van der Waals surface area (Å²) in [6.07, 6.45) is 3.18. The van der Waals surface area contributed by atoms with Gasteiger partial charge in [-0.15, -0.1) is 0 Å². The van der Waals surface area contributed by atoms with Gasteiger partial charge in [0.15, 0.2) is 0 Å². The van der Waals surface area contributed by atoms with Gasteiger partial charge < -0.3 is 9.30 Å². The van der Waals surface area contributed by atoms with Gasteiger partial charge in [-0.25, -0.2) is 8.42 Å². The topological polar surface area (TPSA) is 68.6 Å². The van der Waals surface area contributed by atoms with Crippen LogP contribution < -0.4 is 10.3 Å². The van der Waals surface area contributed by atoms with Crippen molar-refractivity contribution in [3.63, 3.8) is 0 Å². The smallest absolute Gasteiger partial charge is 0.250 e. The van der Waals surface area contributed by atoms with Crippen LogP contribution in [0.15, 0.2) is 46.2 Å². The van der Waals surface area contributed by atoms with Crippen LogP contribution in [-0.4, -0.2) is 37.5 Å². The molecule has 134 valence electrons. The predicted molar refractivity (Wildman–Crippen MR) is 95.5 cm³/mol. The minimum absolute atomic E-state index is 0.153. The van der Waals surface area contributed by atoms with E-state index in [1.165, 1.54) is 27.2 Å². The molecule has 0 N–H and O–H groups in total. The quantitative estimate of drug-likeness (QED) is 0.816. The number of nitrogens with zero attached hydrogens (tertiary/aromatic N) is 2. The monoisotopic (exact) mass is 362 g/mol. The van der Waals surface area contributed by atoms with E-state index in [4.69, 9.17) is 4.74 Å². The molecule has 1 saturated heterocycles. The highest BCUT2D eigenvalue weighted by Crippen LogP contribution is 2.22. The molecule has 7 heteroatoms. The van der Waals surface area contributed by atoms with Crippen molar-refractivity contribution in [1.29, 1.82) is 0 Å². The van der Waals surface area contributed by atoms with Crippen molar-refractivity contribution in [2.75, 3.05) is 20.2 Å². The molecule has 1 aromatic carbocycles. The van der Waals surface area contributed by atoms with E-state index in [0.29, 0.717) is 18.8 Å². The normalized spacial score (nSPS) is 15.4. The average Bonchev–Trinajstić information content (AvgIpc) is 3.12. The first-order valence-corrected chi connectivity index (χ1v) is 9.70. The molecule has 0 radical (unpaired) electrons. The third-order valence-corrected chi connectivity index (χ3v) is 6.32. The van der Waals surface area contributed by atoms with Crippen molar-refractivity contribution in [2.45, 2.75) is 31.2 Å². The van der Waals surface area contributed by atoms with Gasteiger partial charge in [-0.2, -0.15) is 4.31 Å². The van der Waals surface area contributed by atoms with Gasteiger partial charge in [0.1, 0.15) is 5.75 Å². The van der Waals surface area contributed by atoms with E-state index in [-0.39, 0.29) is 17.0 Å². The number of aromatic nitrogens is 1. The van der Waals surface area contributed by atoms with Crippen LogP contribution in [0.4, 0.5) is 0 Å². The summed E-state index contributed by atoms with van der Waals surface area (Å²) in [6, 6.07) is 8.41. The fourth-order valence-corrected chi connectivity index (χ4v) is 4.62. The fourth-order valence-electron chi connectivity index (χ4n) is 3.08. The number of sulfonamides is 1. The highest BCUT2D eigenvalue weighted by molar-refractivity contribution is 7.89. The number of ether oxygens (including phenoxy) is 1. The molecule has 1 aliphatic rings. The summed E-state index contributed by atoms with van der Waals surface area (Å²) in [4.78, 5) is 12.4. The largest absolute Gasteiger partial charge is 0.496 e. The first kappa shape index (κ1) is 17.7. The highest BCUT2D eigenvalue weighted by atomic mass is 32.2. The van der Waals surface area contributed by atoms with E-state index in [0.717, 1.165) is 24.0 Å². The van der Waals surface area contributed by atoms with Gasteiger partial charge in [-0.1, -0.05) is 17.7 Å². The minimum Gasteiger partial charge on any atom is -0.496 e. The van der Waals surface area contributed by atoms with E-state index in [9.17, 15) is 13.2 Å². The van der Waals surface area contributed by atoms with Gasteiger partial charge in [0.25, 0.3) is 5.56 Å². The van der Waals surface area contributed by atoms with Gasteiger partial charge in [-0.3, -0.25) is 4.79 Å². The Morgan fingerprint density at radius 2 is 1.84 bits per heavy atom. The molecule has 0 amide bonds. The number of hydrogen-bond donors (Lipinski definition) is 0. The van der Waals surface area contributed by atoms with Crippen LogP contribution in [-0.2, 0) is 16.6 Å². The molecular weight excluding hydrogens is 340 g/mol. The van der Waals surface area contributed by atoms with Crippen LogP contribution in [0.2, 0.25) is 0 Å². The third-order valence-electron chi connectivity index (χ3n) is 4.44. The van der Waals surface area contributed by atoms with Crippen LogP contribution in [0.3, 0.4) is 0 Å². The van der Waals surface area contributed by atoms with Crippen molar-refractivity contribution in [1.82, 2.24) is 8.87 Å². The molecule has 1 fully saturated rings. The Hall–Kier alpha value is -2.12. The van der Waals surface area contributed by atoms with Crippen molar-refractivity contribution in [3.8, 4) is 5.75 Å². The second-order valence-corrected chi connectivity index (χ2v) is 8.20. The molecule has 0 bridgehead atoms. The maximum absolute atomic E-state index is 12.7. The molecule has 3 rings (SSSR count). The molecule has 0 unspecified atom stereocenters. The molecule has 0 saturated carbocycles. The Kier molecular flexibility index (Phi) is 4.96. The second kappa shape index (κ2) is 7.01. The van der Waals surface area contributed by atoms with E-state index >= 15 is 0 Å². The van der Waals surface area contributed by atoms with E-state index < -0.39 is 10.0 Å². The van der Waals surface area contributed by atoms with Crippen LogP contribution in [0.1, 0.15) is 24.0 Å². The third kappa shape index (κ3) is 3.62. The second-order valence-electron chi connectivity index (χ2n) is 6.26. The summed E-state index contributed by atoms with van der Waals surface area (Å²) in [7, 11) is -1.98. The first-order chi connectivity index (χ1) is 11.9. The van der Waals surface area contributed by atoms with Gasteiger partial charge in [0.05, 0.1) is 18.6 Å². The van der Waals surface area contributed by atoms with Gasteiger partial charge in [0, 0.05) is 30.9 Å². The maximum atomic E-state index is 12.7. The molecule has 0 aliphatic carbocycles. The predicted octanol–water partition coefficient (Wildman–Crippen LogP) is 2.00. The van der Waals surface area contributed by atoms with E-state index in [2.05, 4.69) is 0 Å². The molecule has 2 aromatic rings. The summed E-state index contributed by atoms with van der Waals surface area (Å²) in [6.45, 7) is 3.29. The summed E-state index contributed by atoms with van der Waals surface area (Å²) in [5.74, 6) is 0.672. The summed E-state index contributed by atoms with van der Waals surface area (Å²) in [5.41, 5.74) is 1.63. The number of pyridine rings is 1. The lowest BCUT2D eigenvalue weighted by atomic mass is 10.1. The number of benzene rings is 1. The average molecular weight is 362 g/mol. The zero-order valence-corrected chi connectivity index (χ0v) is 15.3. The zero-order valence-electron chi connectivity index (χ0n) is 14.4. The maximum Gasteiger partial charge on any atom is 0.250 e. The van der Waals surface area contributed by atoms with Crippen LogP contribution in [0.25, 0.3) is 0 Å². The van der Waals surface area contributed by atoms with Gasteiger partial charge in [-0.05, 0) is 31.9 Å². The Balaban J connectivity index is 1.98. The Bertz CT molecular complexity index is 928.